The average molecular weight is 364 g/mol. The normalized spacial score (nSPS) is 15.5. The Morgan fingerprint density at radius 1 is 1.04 bits per heavy atom. The number of halogens is 1. The van der Waals surface area contributed by atoms with Crippen molar-refractivity contribution in [3.8, 4) is 5.75 Å². The van der Waals surface area contributed by atoms with Crippen molar-refractivity contribution >= 4 is 5.97 Å². The molecule has 0 aromatic heterocycles. The summed E-state index contributed by atoms with van der Waals surface area (Å²) in [5.41, 5.74) is 2.36. The number of carbonyl (C=O) groups excluding carboxylic acids is 1. The predicted octanol–water partition coefficient (Wildman–Crippen LogP) is 4.79. The van der Waals surface area contributed by atoms with E-state index in [1.54, 1.807) is 24.3 Å². The average Bonchev–Trinajstić information content (AvgIpc) is 2.72. The number of fused-ring (bicyclic) bond motifs is 1. The summed E-state index contributed by atoms with van der Waals surface area (Å²) in [6, 6.07) is 20.8. The molecule has 4 nitrogen and oxygen atoms in total. The molecule has 3 aromatic rings. The highest BCUT2D eigenvalue weighted by atomic mass is 19.1. The molecule has 0 bridgehead atoms. The van der Waals surface area contributed by atoms with E-state index < -0.39 is 18.1 Å². The van der Waals surface area contributed by atoms with Gasteiger partial charge in [0.05, 0.1) is 12.2 Å². The van der Waals surface area contributed by atoms with Gasteiger partial charge in [0.15, 0.2) is 0 Å². The van der Waals surface area contributed by atoms with Gasteiger partial charge in [0.2, 0.25) is 6.29 Å². The van der Waals surface area contributed by atoms with Crippen LogP contribution in [0.5, 0.6) is 5.75 Å². The third-order valence-corrected chi connectivity index (χ3v) is 4.26. The maximum Gasteiger partial charge on any atom is 0.338 e. The number of esters is 1. The highest BCUT2D eigenvalue weighted by Crippen LogP contribution is 2.36. The lowest BCUT2D eigenvalue weighted by atomic mass is 10.1. The van der Waals surface area contributed by atoms with Crippen LogP contribution in [0.3, 0.4) is 0 Å². The molecule has 0 fully saturated rings. The molecule has 1 aliphatic heterocycles. The number of ether oxygens (including phenoxy) is 3. The molecule has 0 amide bonds. The summed E-state index contributed by atoms with van der Waals surface area (Å²) in [7, 11) is 0. The minimum absolute atomic E-state index is 0.0880. The number of carbonyl (C=O) groups is 1. The van der Waals surface area contributed by atoms with Gasteiger partial charge in [0.1, 0.15) is 18.2 Å². The first kappa shape index (κ1) is 17.2. The Bertz CT molecular complexity index is 941. The fourth-order valence-electron chi connectivity index (χ4n) is 2.96. The number of benzene rings is 3. The predicted molar refractivity (Wildman–Crippen MR) is 96.6 cm³/mol. The number of hydrogen-bond acceptors (Lipinski definition) is 4. The molecule has 0 N–H and O–H groups in total. The second-order valence-corrected chi connectivity index (χ2v) is 6.17. The van der Waals surface area contributed by atoms with Crippen LogP contribution in [-0.4, -0.2) is 5.97 Å². The SMILES string of the molecule is O=C(OCc1cc(F)cc2c1OC(c1ccccc1)OC2)c1ccccc1. The van der Waals surface area contributed by atoms with Crippen LogP contribution in [0.15, 0.2) is 72.8 Å². The third kappa shape index (κ3) is 3.83. The maximum absolute atomic E-state index is 14.0. The zero-order chi connectivity index (χ0) is 18.6. The molecular weight excluding hydrogens is 347 g/mol. The topological polar surface area (TPSA) is 44.8 Å². The fraction of sp³-hybridized carbons (Fsp3) is 0.136. The van der Waals surface area contributed by atoms with E-state index in [1.807, 2.05) is 36.4 Å². The molecule has 27 heavy (non-hydrogen) atoms. The molecule has 136 valence electrons. The van der Waals surface area contributed by atoms with E-state index in [-0.39, 0.29) is 13.2 Å². The van der Waals surface area contributed by atoms with Gasteiger partial charge in [-0.25, -0.2) is 9.18 Å². The first-order chi connectivity index (χ1) is 13.2. The van der Waals surface area contributed by atoms with Crippen LogP contribution in [0.2, 0.25) is 0 Å². The summed E-state index contributed by atoms with van der Waals surface area (Å²) in [5.74, 6) is -0.400. The minimum atomic E-state index is -0.590. The monoisotopic (exact) mass is 364 g/mol. The lowest BCUT2D eigenvalue weighted by Crippen LogP contribution is -2.20. The van der Waals surface area contributed by atoms with Gasteiger partial charge in [-0.05, 0) is 24.3 Å². The quantitative estimate of drug-likeness (QED) is 0.625. The van der Waals surface area contributed by atoms with Gasteiger partial charge >= 0.3 is 5.97 Å². The lowest BCUT2D eigenvalue weighted by Gasteiger charge is -2.28. The summed E-state index contributed by atoms with van der Waals surface area (Å²) < 4.78 is 31.0. The summed E-state index contributed by atoms with van der Waals surface area (Å²) in [4.78, 5) is 12.2. The van der Waals surface area contributed by atoms with E-state index in [0.717, 1.165) is 5.56 Å². The molecule has 1 atom stereocenters. The molecule has 1 unspecified atom stereocenters. The Balaban J connectivity index is 1.55. The Morgan fingerprint density at radius 3 is 2.48 bits per heavy atom. The summed E-state index contributed by atoms with van der Waals surface area (Å²) in [5, 5.41) is 0. The van der Waals surface area contributed by atoms with E-state index in [4.69, 9.17) is 14.2 Å². The van der Waals surface area contributed by atoms with E-state index >= 15 is 0 Å². The molecule has 0 radical (unpaired) electrons. The van der Waals surface area contributed by atoms with Gasteiger partial charge in [-0.15, -0.1) is 0 Å². The lowest BCUT2D eigenvalue weighted by molar-refractivity contribution is -0.112. The molecule has 0 saturated carbocycles. The molecule has 1 aliphatic rings. The van der Waals surface area contributed by atoms with Crippen LogP contribution in [-0.2, 0) is 22.7 Å². The van der Waals surface area contributed by atoms with Crippen molar-refractivity contribution in [3.63, 3.8) is 0 Å². The van der Waals surface area contributed by atoms with Gasteiger partial charge in [0, 0.05) is 16.7 Å². The van der Waals surface area contributed by atoms with Crippen molar-refractivity contribution in [3.05, 3.63) is 101 Å². The van der Waals surface area contributed by atoms with Crippen LogP contribution in [0, 0.1) is 5.82 Å². The fourth-order valence-corrected chi connectivity index (χ4v) is 2.96. The zero-order valence-corrected chi connectivity index (χ0v) is 14.4. The standard InChI is InChI=1S/C22H17FO4/c23-19-11-17(13-25-21(24)15-7-3-1-4-8-15)20-18(12-19)14-26-22(27-20)16-9-5-2-6-10-16/h1-12,22H,13-14H2. The van der Waals surface area contributed by atoms with Crippen LogP contribution in [0.4, 0.5) is 4.39 Å². The zero-order valence-electron chi connectivity index (χ0n) is 14.4. The van der Waals surface area contributed by atoms with Crippen LogP contribution >= 0.6 is 0 Å². The minimum Gasteiger partial charge on any atom is -0.460 e. The van der Waals surface area contributed by atoms with Gasteiger partial charge in [-0.1, -0.05) is 48.5 Å². The molecule has 3 aromatic carbocycles. The van der Waals surface area contributed by atoms with Crippen molar-refractivity contribution in [2.24, 2.45) is 0 Å². The molecule has 0 spiro atoms. The Labute approximate surface area is 156 Å². The third-order valence-electron chi connectivity index (χ3n) is 4.26. The van der Waals surface area contributed by atoms with Crippen molar-refractivity contribution in [1.82, 2.24) is 0 Å². The molecule has 5 heteroatoms. The highest BCUT2D eigenvalue weighted by molar-refractivity contribution is 5.89. The van der Waals surface area contributed by atoms with Gasteiger partial charge < -0.3 is 14.2 Å². The van der Waals surface area contributed by atoms with Crippen molar-refractivity contribution < 1.29 is 23.4 Å². The Hall–Kier alpha value is -3.18. The maximum atomic E-state index is 14.0. The molecule has 1 heterocycles. The summed E-state index contributed by atoms with van der Waals surface area (Å²) in [6.07, 6.45) is -0.590. The largest absolute Gasteiger partial charge is 0.460 e. The van der Waals surface area contributed by atoms with Gasteiger partial charge in [0.25, 0.3) is 0 Å². The van der Waals surface area contributed by atoms with Gasteiger partial charge in [-0.3, -0.25) is 0 Å². The smallest absolute Gasteiger partial charge is 0.338 e. The van der Waals surface area contributed by atoms with Crippen molar-refractivity contribution in [2.75, 3.05) is 0 Å². The number of hydrogen-bond donors (Lipinski definition) is 0. The molecule has 4 rings (SSSR count). The first-order valence-electron chi connectivity index (χ1n) is 8.57. The van der Waals surface area contributed by atoms with Crippen molar-refractivity contribution in [2.45, 2.75) is 19.5 Å². The molecule has 0 aliphatic carbocycles. The van der Waals surface area contributed by atoms with E-state index in [0.29, 0.717) is 22.4 Å². The molecule has 0 saturated heterocycles. The highest BCUT2D eigenvalue weighted by Gasteiger charge is 2.25. The Kier molecular flexibility index (Phi) is 4.85. The van der Waals surface area contributed by atoms with E-state index in [9.17, 15) is 9.18 Å². The summed E-state index contributed by atoms with van der Waals surface area (Å²) in [6.45, 7) is 0.127. The van der Waals surface area contributed by atoms with Crippen LogP contribution in [0.25, 0.3) is 0 Å². The Morgan fingerprint density at radius 2 is 1.74 bits per heavy atom. The number of rotatable bonds is 4. The van der Waals surface area contributed by atoms with Gasteiger partial charge in [-0.2, -0.15) is 0 Å². The first-order valence-corrected chi connectivity index (χ1v) is 8.57. The molecular formula is C22H17FO4. The van der Waals surface area contributed by atoms with Crippen LogP contribution < -0.4 is 4.74 Å². The van der Waals surface area contributed by atoms with Crippen molar-refractivity contribution in [1.29, 1.82) is 0 Å². The second-order valence-electron chi connectivity index (χ2n) is 6.17. The summed E-state index contributed by atoms with van der Waals surface area (Å²) >= 11 is 0. The van der Waals surface area contributed by atoms with E-state index in [2.05, 4.69) is 0 Å². The van der Waals surface area contributed by atoms with E-state index in [1.165, 1.54) is 12.1 Å². The van der Waals surface area contributed by atoms with Crippen LogP contribution in [0.1, 0.15) is 33.3 Å². The second kappa shape index (κ2) is 7.60.